The van der Waals surface area contributed by atoms with Gasteiger partial charge in [0.1, 0.15) is 0 Å². The minimum atomic E-state index is -4.64. The van der Waals surface area contributed by atoms with E-state index in [-0.39, 0.29) is 23.1 Å². The molecule has 114 valence electrons. The van der Waals surface area contributed by atoms with Gasteiger partial charge in [-0.05, 0) is 0 Å². The average Bonchev–Trinajstić information content (AvgIpc) is 1.70. The van der Waals surface area contributed by atoms with Gasteiger partial charge in [-0.2, -0.15) is 0 Å². The summed E-state index contributed by atoms with van der Waals surface area (Å²) >= 11 is -8.56. The van der Waals surface area contributed by atoms with E-state index in [2.05, 4.69) is 0 Å². The van der Waals surface area contributed by atoms with Crippen LogP contribution >= 0.6 is 15.6 Å². The van der Waals surface area contributed by atoms with E-state index in [4.69, 9.17) is 59.6 Å². The van der Waals surface area contributed by atoms with Gasteiger partial charge in [0.2, 0.25) is 0 Å². The van der Waals surface area contributed by atoms with Crippen molar-refractivity contribution < 1.29 is 94.8 Å². The molecule has 0 aliphatic heterocycles. The third kappa shape index (κ3) is 2710. The minimum absolute atomic E-state index is 0. The van der Waals surface area contributed by atoms with E-state index in [1.807, 2.05) is 0 Å². The summed E-state index contributed by atoms with van der Waals surface area (Å²) in [6, 6.07) is 0. The van der Waals surface area contributed by atoms with Crippen LogP contribution in [0.25, 0.3) is 0 Å². The first kappa shape index (κ1) is 32.4. The van der Waals surface area contributed by atoms with Gasteiger partial charge >= 0.3 is 95.0 Å². The number of hydrogen-bond donors (Lipinski definition) is 6. The number of hydrogen-bond acceptors (Lipinski definition) is 8. The standard InChI is InChI=1S/Mg.2H3O4P.6O.2W/c;2*1-5(2,3)4;;;;;;;;/h;2*(H3,1,2,3,4);;;;;;;;/q+2;;;;;;;2*-1;;. The topological polar surface area (TPSA) is 270 Å². The molecule has 14 nitrogen and oxygen atoms in total. The fraction of sp³-hybridized carbons (Fsp3) is 0. The number of phosphoric acid groups is 2. The molecule has 0 fully saturated rings. The van der Waals surface area contributed by atoms with Crippen LogP contribution in [-0.2, 0) is 58.0 Å². The summed E-state index contributed by atoms with van der Waals surface area (Å²) in [4.78, 5) is 43.1. The van der Waals surface area contributed by atoms with Crippen LogP contribution in [-0.4, -0.2) is 52.4 Å². The van der Waals surface area contributed by atoms with Crippen LogP contribution in [0.3, 0.4) is 0 Å². The SMILES string of the molecule is O=P(O)(O)O.O=P(O)(O)O.[Mg+2].[O]=[W](=[O])[O-].[O]=[W](=[O])[O-]. The molecule has 19 heteroatoms. The molecule has 6 N–H and O–H groups in total. The van der Waals surface area contributed by atoms with Gasteiger partial charge < -0.3 is 29.4 Å². The van der Waals surface area contributed by atoms with Crippen LogP contribution in [0.15, 0.2) is 0 Å². The number of rotatable bonds is 0. The zero-order chi connectivity index (χ0) is 16.2. The second kappa shape index (κ2) is 17.5. The molecule has 0 aromatic heterocycles. The Balaban J connectivity index is -0.0000000453. The molecule has 19 heavy (non-hydrogen) atoms. The molecule has 0 amide bonds. The Labute approximate surface area is 133 Å². The Morgan fingerprint density at radius 3 is 0.632 bits per heavy atom. The van der Waals surface area contributed by atoms with E-state index >= 15 is 0 Å². The summed E-state index contributed by atoms with van der Waals surface area (Å²) in [5.74, 6) is 0. The first-order chi connectivity index (χ1) is 7.46. The van der Waals surface area contributed by atoms with Crippen molar-refractivity contribution >= 4 is 38.7 Å². The maximum absolute atomic E-state index is 8.88. The van der Waals surface area contributed by atoms with Crippen LogP contribution < -0.4 is 7.52 Å². The summed E-state index contributed by atoms with van der Waals surface area (Å²) < 4.78 is 69.4. The molecule has 0 radical (unpaired) electrons. The molecule has 0 rings (SSSR count). The van der Waals surface area contributed by atoms with E-state index < -0.39 is 50.9 Å². The van der Waals surface area contributed by atoms with Crippen LogP contribution in [0, 0.1) is 0 Å². The van der Waals surface area contributed by atoms with Crippen molar-refractivity contribution in [1.82, 2.24) is 0 Å². The summed E-state index contributed by atoms with van der Waals surface area (Å²) in [7, 11) is -9.28. The molecule has 0 aromatic carbocycles. The predicted molar refractivity (Wildman–Crippen MR) is 37.0 cm³/mol. The van der Waals surface area contributed by atoms with Crippen molar-refractivity contribution in [3.8, 4) is 0 Å². The molecule has 0 bridgehead atoms. The van der Waals surface area contributed by atoms with Crippen molar-refractivity contribution in [1.29, 1.82) is 0 Å². The monoisotopic (exact) mass is 684 g/mol. The van der Waals surface area contributed by atoms with E-state index in [0.717, 1.165) is 0 Å². The third-order valence-corrected chi connectivity index (χ3v) is 0. The Bertz CT molecular complexity index is 333. The second-order valence-corrected chi connectivity index (χ2v) is 6.42. The van der Waals surface area contributed by atoms with Crippen LogP contribution in [0.4, 0.5) is 0 Å². The molecule has 0 aliphatic carbocycles. The van der Waals surface area contributed by atoms with E-state index in [1.165, 1.54) is 0 Å². The molecule has 0 unspecified atom stereocenters. The van der Waals surface area contributed by atoms with Gasteiger partial charge in [-0.15, -0.1) is 0 Å². The van der Waals surface area contributed by atoms with Crippen molar-refractivity contribution in [3.63, 3.8) is 0 Å². The molecule has 0 spiro atoms. The van der Waals surface area contributed by atoms with Crippen LogP contribution in [0.5, 0.6) is 0 Å². The Morgan fingerprint density at radius 2 is 0.632 bits per heavy atom. The summed E-state index contributed by atoms with van der Waals surface area (Å²) in [5.41, 5.74) is 0. The van der Waals surface area contributed by atoms with Crippen molar-refractivity contribution in [2.24, 2.45) is 0 Å². The predicted octanol–water partition coefficient (Wildman–Crippen LogP) is -5.10. The zero-order valence-corrected chi connectivity index (χ0v) is 17.4. The molecule has 0 atom stereocenters. The van der Waals surface area contributed by atoms with E-state index in [9.17, 15) is 0 Å². The molecule has 0 heterocycles. The Hall–Kier alpha value is 1.48. The quantitative estimate of drug-likeness (QED) is 0.103. The molecule has 0 saturated carbocycles. The Morgan fingerprint density at radius 1 is 0.632 bits per heavy atom. The van der Waals surface area contributed by atoms with Gasteiger partial charge in [0, 0.05) is 0 Å². The second-order valence-electron chi connectivity index (χ2n) is 1.43. The third-order valence-electron chi connectivity index (χ3n) is 0. The van der Waals surface area contributed by atoms with Gasteiger partial charge in [-0.3, -0.25) is 0 Å². The van der Waals surface area contributed by atoms with Crippen LogP contribution in [0.1, 0.15) is 0 Å². The van der Waals surface area contributed by atoms with Crippen molar-refractivity contribution in [2.45, 2.75) is 0 Å². The van der Waals surface area contributed by atoms with Gasteiger partial charge in [-0.25, -0.2) is 9.13 Å². The van der Waals surface area contributed by atoms with Crippen molar-refractivity contribution in [2.75, 3.05) is 0 Å². The normalized spacial score (nSPS) is 8.84. The molecule has 0 saturated heterocycles. The fourth-order valence-corrected chi connectivity index (χ4v) is 0. The molecular formula is H6MgO14P2W2. The van der Waals surface area contributed by atoms with Crippen molar-refractivity contribution in [3.05, 3.63) is 0 Å². The molecule has 0 aliphatic rings. The van der Waals surface area contributed by atoms with Gasteiger partial charge in [-0.1, -0.05) is 0 Å². The summed E-state index contributed by atoms with van der Waals surface area (Å²) in [5, 5.41) is 0. The van der Waals surface area contributed by atoms with Crippen LogP contribution in [0.2, 0.25) is 0 Å². The van der Waals surface area contributed by atoms with Gasteiger partial charge in [0.05, 0.1) is 0 Å². The fourth-order valence-electron chi connectivity index (χ4n) is 0. The van der Waals surface area contributed by atoms with E-state index in [0.29, 0.717) is 0 Å². The first-order valence-electron chi connectivity index (χ1n) is 2.57. The summed E-state index contributed by atoms with van der Waals surface area (Å²) in [6.45, 7) is 0. The maximum atomic E-state index is 8.88. The molecular weight excluding hydrogens is 678 g/mol. The van der Waals surface area contributed by atoms with Gasteiger partial charge in [0.25, 0.3) is 0 Å². The van der Waals surface area contributed by atoms with E-state index in [1.54, 1.807) is 0 Å². The first-order valence-corrected chi connectivity index (χ1v) is 12.9. The zero-order valence-electron chi connectivity index (χ0n) is 8.37. The summed E-state index contributed by atoms with van der Waals surface area (Å²) in [6.07, 6.45) is 0. The molecule has 0 aromatic rings. The van der Waals surface area contributed by atoms with Gasteiger partial charge in [0.15, 0.2) is 0 Å². The average molecular weight is 684 g/mol. The Kier molecular flexibility index (Phi) is 29.9.